The molecule has 0 bridgehead atoms. The van der Waals surface area contributed by atoms with E-state index in [1.807, 2.05) is 0 Å². The van der Waals surface area contributed by atoms with Gasteiger partial charge in [-0.1, -0.05) is 6.08 Å². The van der Waals surface area contributed by atoms with E-state index in [9.17, 15) is 9.18 Å². The van der Waals surface area contributed by atoms with E-state index in [2.05, 4.69) is 16.8 Å². The van der Waals surface area contributed by atoms with Crippen molar-refractivity contribution < 1.29 is 13.9 Å². The van der Waals surface area contributed by atoms with Crippen molar-refractivity contribution >= 4 is 12.0 Å². The Morgan fingerprint density at radius 2 is 2.06 bits per heavy atom. The van der Waals surface area contributed by atoms with Crippen LogP contribution in [0.2, 0.25) is 0 Å². The van der Waals surface area contributed by atoms with E-state index < -0.39 is 0 Å². The first-order chi connectivity index (χ1) is 15.0. The average Bonchev–Trinajstić information content (AvgIpc) is 2.80. The first-order valence-corrected chi connectivity index (χ1v) is 10.8. The minimum absolute atomic E-state index is 0.158. The highest BCUT2D eigenvalue weighted by Gasteiger charge is 2.28. The normalized spacial score (nSPS) is 15.9. The summed E-state index contributed by atoms with van der Waals surface area (Å²) >= 11 is 0. The van der Waals surface area contributed by atoms with Crippen molar-refractivity contribution in [3.63, 3.8) is 0 Å². The van der Waals surface area contributed by atoms with Gasteiger partial charge in [0, 0.05) is 32.6 Å². The molecule has 1 aromatic heterocycles. The predicted octanol–water partition coefficient (Wildman–Crippen LogP) is 3.96. The van der Waals surface area contributed by atoms with Gasteiger partial charge in [-0.15, -0.1) is 6.58 Å². The lowest BCUT2D eigenvalue weighted by Crippen LogP contribution is -2.43. The Balaban J connectivity index is 1.66. The van der Waals surface area contributed by atoms with Gasteiger partial charge in [0.1, 0.15) is 11.6 Å². The number of ether oxygens (including phenoxy) is 1. The molecule has 2 aromatic rings. The monoisotopic (exact) mass is 425 g/mol. The van der Waals surface area contributed by atoms with Crippen molar-refractivity contribution in [1.29, 1.82) is 0 Å². The van der Waals surface area contributed by atoms with E-state index in [4.69, 9.17) is 14.7 Å². The summed E-state index contributed by atoms with van der Waals surface area (Å²) in [7, 11) is 0. The molecular formula is C23H28FN5O2. The summed E-state index contributed by atoms with van der Waals surface area (Å²) in [6.07, 6.45) is 5.72. The molecule has 2 amide bonds. The van der Waals surface area contributed by atoms with E-state index >= 15 is 0 Å². The molecule has 0 spiro atoms. The van der Waals surface area contributed by atoms with Crippen LogP contribution >= 0.6 is 0 Å². The van der Waals surface area contributed by atoms with Crippen LogP contribution in [0.5, 0.6) is 11.6 Å². The Morgan fingerprint density at radius 1 is 1.26 bits per heavy atom. The number of aryl methyl sites for hydroxylation is 1. The molecule has 2 aliphatic rings. The third-order valence-corrected chi connectivity index (χ3v) is 5.68. The van der Waals surface area contributed by atoms with Crippen LogP contribution in [0, 0.1) is 12.7 Å². The molecule has 3 heterocycles. The standard InChI is InChI=1S/C23H28FN5O2/c1-3-10-25-23(30)29-13-9-20-18(15-29)21(31-17-7-8-19(24)16(2)14-17)27-22(26-20)28-11-5-4-6-12-28/h3,7-8,14H,1,4-6,9-13,15H2,2H3,(H,25,30). The Bertz CT molecular complexity index is 975. The molecule has 1 saturated heterocycles. The number of piperidine rings is 1. The largest absolute Gasteiger partial charge is 0.438 e. The second-order valence-electron chi connectivity index (χ2n) is 7.96. The molecule has 1 N–H and O–H groups in total. The summed E-state index contributed by atoms with van der Waals surface area (Å²) in [5.74, 6) is 1.32. The molecule has 0 atom stereocenters. The van der Waals surface area contributed by atoms with Crippen LogP contribution in [-0.4, -0.2) is 47.1 Å². The number of aromatic nitrogens is 2. The number of urea groups is 1. The van der Waals surface area contributed by atoms with Gasteiger partial charge >= 0.3 is 6.03 Å². The van der Waals surface area contributed by atoms with Gasteiger partial charge in [0.25, 0.3) is 0 Å². The summed E-state index contributed by atoms with van der Waals surface area (Å²) < 4.78 is 19.8. The zero-order valence-corrected chi connectivity index (χ0v) is 17.9. The van der Waals surface area contributed by atoms with Gasteiger partial charge in [-0.3, -0.25) is 0 Å². The lowest BCUT2D eigenvalue weighted by atomic mass is 10.1. The first-order valence-electron chi connectivity index (χ1n) is 10.8. The number of nitrogens with zero attached hydrogens (tertiary/aromatic N) is 4. The molecule has 164 valence electrons. The molecule has 31 heavy (non-hydrogen) atoms. The average molecular weight is 426 g/mol. The van der Waals surface area contributed by atoms with Crippen molar-refractivity contribution in [2.24, 2.45) is 0 Å². The summed E-state index contributed by atoms with van der Waals surface area (Å²) in [6, 6.07) is 4.48. The number of anilines is 1. The number of halogens is 1. The fourth-order valence-electron chi connectivity index (χ4n) is 3.93. The van der Waals surface area contributed by atoms with Crippen LogP contribution in [0.15, 0.2) is 30.9 Å². The minimum Gasteiger partial charge on any atom is -0.438 e. The van der Waals surface area contributed by atoms with Crippen LogP contribution in [0.1, 0.15) is 36.1 Å². The molecule has 4 rings (SSSR count). The number of amides is 2. The van der Waals surface area contributed by atoms with Crippen molar-refractivity contribution in [3.05, 3.63) is 53.5 Å². The number of carbonyl (C=O) groups excluding carboxylic acids is 1. The van der Waals surface area contributed by atoms with E-state index in [0.717, 1.165) is 37.2 Å². The third-order valence-electron chi connectivity index (χ3n) is 5.68. The fraction of sp³-hybridized carbons (Fsp3) is 0.435. The summed E-state index contributed by atoms with van der Waals surface area (Å²) in [5, 5.41) is 2.82. The lowest BCUT2D eigenvalue weighted by molar-refractivity contribution is 0.192. The highest BCUT2D eigenvalue weighted by molar-refractivity contribution is 5.74. The highest BCUT2D eigenvalue weighted by Crippen LogP contribution is 2.32. The second kappa shape index (κ2) is 9.32. The fourth-order valence-corrected chi connectivity index (χ4v) is 3.93. The number of benzene rings is 1. The summed E-state index contributed by atoms with van der Waals surface area (Å²) in [5.41, 5.74) is 2.20. The van der Waals surface area contributed by atoms with Crippen LogP contribution in [0.3, 0.4) is 0 Å². The van der Waals surface area contributed by atoms with Gasteiger partial charge in [-0.2, -0.15) is 4.98 Å². The van der Waals surface area contributed by atoms with Crippen LogP contribution in [-0.2, 0) is 13.0 Å². The van der Waals surface area contributed by atoms with E-state index in [1.54, 1.807) is 30.0 Å². The topological polar surface area (TPSA) is 70.6 Å². The number of rotatable bonds is 5. The first kappa shape index (κ1) is 21.1. The SMILES string of the molecule is C=CCNC(=O)N1CCc2nc(N3CCCCC3)nc(Oc3ccc(F)c(C)c3)c2C1. The van der Waals surface area contributed by atoms with Gasteiger partial charge in [-0.05, 0) is 49.9 Å². The van der Waals surface area contributed by atoms with Crippen LogP contribution in [0.4, 0.5) is 15.1 Å². The molecule has 0 radical (unpaired) electrons. The zero-order valence-electron chi connectivity index (χ0n) is 17.9. The number of hydrogen-bond donors (Lipinski definition) is 1. The molecule has 0 aliphatic carbocycles. The lowest BCUT2D eigenvalue weighted by Gasteiger charge is -2.31. The van der Waals surface area contributed by atoms with Gasteiger partial charge in [0.05, 0.1) is 17.8 Å². The molecule has 0 unspecified atom stereocenters. The minimum atomic E-state index is -0.281. The Hall–Kier alpha value is -3.16. The summed E-state index contributed by atoms with van der Waals surface area (Å²) in [4.78, 5) is 25.9. The molecule has 7 nitrogen and oxygen atoms in total. The molecule has 1 fully saturated rings. The molecule has 1 aromatic carbocycles. The van der Waals surface area contributed by atoms with Gasteiger partial charge in [0.2, 0.25) is 11.8 Å². The van der Waals surface area contributed by atoms with E-state index in [-0.39, 0.29) is 11.8 Å². The van der Waals surface area contributed by atoms with Crippen molar-refractivity contribution in [2.45, 2.75) is 39.2 Å². The quantitative estimate of drug-likeness (QED) is 0.735. The number of nitrogens with one attached hydrogen (secondary N) is 1. The Labute approximate surface area is 181 Å². The molecule has 0 saturated carbocycles. The second-order valence-corrected chi connectivity index (χ2v) is 7.96. The summed E-state index contributed by atoms with van der Waals surface area (Å²) in [6.45, 7) is 8.51. The Kier molecular flexibility index (Phi) is 6.34. The zero-order chi connectivity index (χ0) is 21.8. The van der Waals surface area contributed by atoms with Crippen LogP contribution < -0.4 is 15.0 Å². The molecule has 2 aliphatic heterocycles. The van der Waals surface area contributed by atoms with E-state index in [0.29, 0.717) is 49.2 Å². The van der Waals surface area contributed by atoms with Gasteiger partial charge in [-0.25, -0.2) is 14.2 Å². The maximum atomic E-state index is 13.7. The number of fused-ring (bicyclic) bond motifs is 1. The smallest absolute Gasteiger partial charge is 0.317 e. The molecular weight excluding hydrogens is 397 g/mol. The molecule has 8 heteroatoms. The maximum Gasteiger partial charge on any atom is 0.317 e. The number of hydrogen-bond acceptors (Lipinski definition) is 5. The van der Waals surface area contributed by atoms with Gasteiger partial charge in [0.15, 0.2) is 0 Å². The van der Waals surface area contributed by atoms with Gasteiger partial charge < -0.3 is 19.9 Å². The predicted molar refractivity (Wildman–Crippen MR) is 117 cm³/mol. The Morgan fingerprint density at radius 3 is 2.81 bits per heavy atom. The maximum absolute atomic E-state index is 13.7. The van der Waals surface area contributed by atoms with Crippen molar-refractivity contribution in [3.8, 4) is 11.6 Å². The highest BCUT2D eigenvalue weighted by atomic mass is 19.1. The third kappa shape index (κ3) is 4.78. The number of carbonyl (C=O) groups is 1. The van der Waals surface area contributed by atoms with E-state index in [1.165, 1.54) is 12.5 Å². The van der Waals surface area contributed by atoms with Crippen LogP contribution in [0.25, 0.3) is 0 Å². The van der Waals surface area contributed by atoms with Crippen molar-refractivity contribution in [1.82, 2.24) is 20.2 Å². The van der Waals surface area contributed by atoms with Crippen molar-refractivity contribution in [2.75, 3.05) is 31.1 Å².